The van der Waals surface area contributed by atoms with Crippen molar-refractivity contribution in [3.8, 4) is 0 Å². The van der Waals surface area contributed by atoms with Crippen molar-refractivity contribution >= 4 is 16.8 Å². The van der Waals surface area contributed by atoms with Crippen LogP contribution < -0.4 is 5.43 Å². The molecule has 0 spiro atoms. The normalized spacial score (nSPS) is 16.4. The molecule has 3 aromatic rings. The highest BCUT2D eigenvalue weighted by molar-refractivity contribution is 5.98. The third-order valence-electron chi connectivity index (χ3n) is 6.37. The Kier molecular flexibility index (Phi) is 3.89. The van der Waals surface area contributed by atoms with Crippen molar-refractivity contribution in [3.05, 3.63) is 62.7 Å². The van der Waals surface area contributed by atoms with E-state index < -0.39 is 0 Å². The lowest BCUT2D eigenvalue weighted by molar-refractivity contribution is 0.0731. The van der Waals surface area contributed by atoms with E-state index in [2.05, 4.69) is 34.7 Å². The average Bonchev–Trinajstić information content (AvgIpc) is 3.34. The number of H-pyrrole nitrogens is 1. The van der Waals surface area contributed by atoms with Gasteiger partial charge in [-0.1, -0.05) is 26.0 Å². The van der Waals surface area contributed by atoms with Crippen molar-refractivity contribution < 1.29 is 4.79 Å². The summed E-state index contributed by atoms with van der Waals surface area (Å²) in [7, 11) is 0. The van der Waals surface area contributed by atoms with Gasteiger partial charge in [0.1, 0.15) is 5.56 Å². The average molecular weight is 376 g/mol. The number of aromatic nitrogens is 3. The van der Waals surface area contributed by atoms with Crippen molar-refractivity contribution in [2.24, 2.45) is 0 Å². The zero-order valence-electron chi connectivity index (χ0n) is 16.3. The highest BCUT2D eigenvalue weighted by Crippen LogP contribution is 2.29. The fourth-order valence-electron chi connectivity index (χ4n) is 4.57. The molecule has 0 saturated heterocycles. The fraction of sp³-hybridized carbons (Fsp3) is 0.409. The molecule has 1 aromatic carbocycles. The van der Waals surface area contributed by atoms with E-state index in [1.165, 1.54) is 5.56 Å². The summed E-state index contributed by atoms with van der Waals surface area (Å²) in [4.78, 5) is 28.2. The maximum Gasteiger partial charge on any atom is 0.259 e. The van der Waals surface area contributed by atoms with Crippen LogP contribution in [0.25, 0.3) is 10.9 Å². The molecule has 0 saturated carbocycles. The van der Waals surface area contributed by atoms with Gasteiger partial charge < -0.3 is 9.47 Å². The number of amides is 1. The molecule has 1 unspecified atom stereocenters. The van der Waals surface area contributed by atoms with Crippen molar-refractivity contribution in [1.82, 2.24) is 19.7 Å². The minimum Gasteiger partial charge on any atom is -0.346 e. The Hall–Kier alpha value is -2.89. The van der Waals surface area contributed by atoms with Gasteiger partial charge in [0.05, 0.1) is 11.2 Å². The first-order valence-corrected chi connectivity index (χ1v) is 10.1. The standard InChI is InChI=1S/C22H24N4O2/c1-3-13(2)19-16-11-26(10-8-18(16)23-24-19)22(28)17-12-25-9-7-14-5-4-6-15(20(14)25)21(17)27/h4-6,12-13H,3,7-11H2,1-2H3,(H,23,24). The van der Waals surface area contributed by atoms with Crippen LogP contribution in [0.1, 0.15) is 59.1 Å². The van der Waals surface area contributed by atoms with Gasteiger partial charge in [-0.15, -0.1) is 0 Å². The minimum atomic E-state index is -0.171. The molecule has 0 bridgehead atoms. The Bertz CT molecular complexity index is 1160. The van der Waals surface area contributed by atoms with Gasteiger partial charge in [0.15, 0.2) is 0 Å². The molecule has 28 heavy (non-hydrogen) atoms. The highest BCUT2D eigenvalue weighted by atomic mass is 16.2. The second-order valence-electron chi connectivity index (χ2n) is 7.98. The number of pyridine rings is 1. The molecule has 1 amide bonds. The fourth-order valence-corrected chi connectivity index (χ4v) is 4.57. The van der Waals surface area contributed by atoms with Gasteiger partial charge in [0.25, 0.3) is 5.91 Å². The Morgan fingerprint density at radius 2 is 2.14 bits per heavy atom. The first-order valence-electron chi connectivity index (χ1n) is 10.1. The number of rotatable bonds is 3. The number of hydrogen-bond donors (Lipinski definition) is 1. The lowest BCUT2D eigenvalue weighted by Crippen LogP contribution is -2.38. The van der Waals surface area contributed by atoms with Crippen LogP contribution in [-0.2, 0) is 25.9 Å². The van der Waals surface area contributed by atoms with E-state index in [0.29, 0.717) is 24.4 Å². The molecule has 1 N–H and O–H groups in total. The molecule has 1 atom stereocenters. The van der Waals surface area contributed by atoms with Crippen LogP contribution in [0.3, 0.4) is 0 Å². The summed E-state index contributed by atoms with van der Waals surface area (Å²) in [5.74, 6) is 0.176. The zero-order valence-corrected chi connectivity index (χ0v) is 16.3. The first-order chi connectivity index (χ1) is 13.6. The Morgan fingerprint density at radius 1 is 1.29 bits per heavy atom. The number of nitrogens with one attached hydrogen (secondary N) is 1. The number of carbonyl (C=O) groups is 1. The van der Waals surface area contributed by atoms with Crippen LogP contribution in [0.2, 0.25) is 0 Å². The monoisotopic (exact) mass is 376 g/mol. The third kappa shape index (κ3) is 2.44. The van der Waals surface area contributed by atoms with Crippen LogP contribution >= 0.6 is 0 Å². The molecular formula is C22H24N4O2. The van der Waals surface area contributed by atoms with Gasteiger partial charge in [0, 0.05) is 54.8 Å². The summed E-state index contributed by atoms with van der Waals surface area (Å²) in [6, 6.07) is 5.82. The van der Waals surface area contributed by atoms with E-state index in [0.717, 1.165) is 48.3 Å². The second-order valence-corrected chi connectivity index (χ2v) is 7.98. The maximum atomic E-state index is 13.3. The van der Waals surface area contributed by atoms with Crippen molar-refractivity contribution in [1.29, 1.82) is 0 Å². The van der Waals surface area contributed by atoms with E-state index in [9.17, 15) is 9.59 Å². The minimum absolute atomic E-state index is 0.153. The second kappa shape index (κ2) is 6.33. The molecule has 0 fully saturated rings. The van der Waals surface area contributed by atoms with E-state index in [4.69, 9.17) is 0 Å². The summed E-state index contributed by atoms with van der Waals surface area (Å²) >= 11 is 0. The summed E-state index contributed by atoms with van der Waals surface area (Å²) in [5.41, 5.74) is 5.60. The Balaban J connectivity index is 1.53. The Morgan fingerprint density at radius 3 is 2.96 bits per heavy atom. The molecule has 4 heterocycles. The van der Waals surface area contributed by atoms with Crippen LogP contribution in [0.4, 0.5) is 0 Å². The number of carbonyl (C=O) groups excluding carboxylic acids is 1. The van der Waals surface area contributed by atoms with E-state index >= 15 is 0 Å². The summed E-state index contributed by atoms with van der Waals surface area (Å²) in [6.07, 6.45) is 4.43. The number of fused-ring (bicyclic) bond motifs is 1. The molecule has 5 rings (SSSR count). The maximum absolute atomic E-state index is 13.3. The summed E-state index contributed by atoms with van der Waals surface area (Å²) < 4.78 is 2.07. The Labute approximate surface area is 163 Å². The van der Waals surface area contributed by atoms with Gasteiger partial charge in [-0.2, -0.15) is 5.10 Å². The number of para-hydroxylation sites is 1. The first kappa shape index (κ1) is 17.2. The van der Waals surface area contributed by atoms with Gasteiger partial charge >= 0.3 is 0 Å². The van der Waals surface area contributed by atoms with E-state index in [-0.39, 0.29) is 16.9 Å². The quantitative estimate of drug-likeness (QED) is 0.764. The van der Waals surface area contributed by atoms with E-state index in [1.807, 2.05) is 12.1 Å². The summed E-state index contributed by atoms with van der Waals surface area (Å²) in [5, 5.41) is 8.30. The molecule has 2 aliphatic heterocycles. The predicted octanol–water partition coefficient (Wildman–Crippen LogP) is 2.99. The third-order valence-corrected chi connectivity index (χ3v) is 6.37. The molecule has 0 radical (unpaired) electrons. The largest absolute Gasteiger partial charge is 0.346 e. The lowest BCUT2D eigenvalue weighted by atomic mass is 9.96. The molecule has 0 aliphatic carbocycles. The number of aryl methyl sites for hydroxylation is 2. The van der Waals surface area contributed by atoms with Crippen molar-refractivity contribution in [3.63, 3.8) is 0 Å². The number of aromatic amines is 1. The van der Waals surface area contributed by atoms with Gasteiger partial charge in [-0.05, 0) is 24.5 Å². The SMILES string of the molecule is CCC(C)c1n[nH]c2c1CN(C(=O)c1cn3c4c(cccc4c1=O)CC3)CC2. The predicted molar refractivity (Wildman–Crippen MR) is 108 cm³/mol. The van der Waals surface area contributed by atoms with Crippen molar-refractivity contribution in [2.75, 3.05) is 6.54 Å². The zero-order chi connectivity index (χ0) is 19.4. The van der Waals surface area contributed by atoms with Crippen LogP contribution in [0, 0.1) is 0 Å². The summed E-state index contributed by atoms with van der Waals surface area (Å²) in [6.45, 7) is 6.24. The van der Waals surface area contributed by atoms with Crippen molar-refractivity contribution in [2.45, 2.75) is 52.1 Å². The van der Waals surface area contributed by atoms with Crippen LogP contribution in [0.15, 0.2) is 29.2 Å². The lowest BCUT2D eigenvalue weighted by Gasteiger charge is -2.28. The number of hydrogen-bond acceptors (Lipinski definition) is 3. The smallest absolute Gasteiger partial charge is 0.259 e. The van der Waals surface area contributed by atoms with E-state index in [1.54, 1.807) is 11.1 Å². The van der Waals surface area contributed by atoms with Gasteiger partial charge in [-0.25, -0.2) is 0 Å². The van der Waals surface area contributed by atoms with Gasteiger partial charge in [0.2, 0.25) is 5.43 Å². The molecule has 6 nitrogen and oxygen atoms in total. The molecule has 2 aromatic heterocycles. The number of nitrogens with zero attached hydrogens (tertiary/aromatic N) is 3. The van der Waals surface area contributed by atoms with Gasteiger partial charge in [-0.3, -0.25) is 14.7 Å². The van der Waals surface area contributed by atoms with Crippen LogP contribution in [-0.4, -0.2) is 32.1 Å². The molecule has 6 heteroatoms. The highest BCUT2D eigenvalue weighted by Gasteiger charge is 2.29. The molecule has 2 aliphatic rings. The molecule has 144 valence electrons. The molecular weight excluding hydrogens is 352 g/mol. The van der Waals surface area contributed by atoms with Crippen LogP contribution in [0.5, 0.6) is 0 Å². The topological polar surface area (TPSA) is 71.0 Å². The number of benzene rings is 1.